The maximum atomic E-state index is 11.0. The molecule has 15 heavy (non-hydrogen) atoms. The van der Waals surface area contributed by atoms with E-state index in [1.807, 2.05) is 18.2 Å². The molecule has 0 aliphatic rings. The molecule has 2 aromatic rings. The summed E-state index contributed by atoms with van der Waals surface area (Å²) in [6, 6.07) is 5.51. The number of halogens is 2. The Balaban J connectivity index is 2.98. The fourth-order valence-electron chi connectivity index (χ4n) is 1.63. The highest BCUT2D eigenvalue weighted by Crippen LogP contribution is 2.34. The maximum absolute atomic E-state index is 11.0. The Morgan fingerprint density at radius 3 is 2.73 bits per heavy atom. The minimum atomic E-state index is -1.02. The number of hydrogen-bond acceptors (Lipinski definition) is 1. The van der Waals surface area contributed by atoms with Crippen LogP contribution < -0.4 is 0 Å². The average molecular weight is 289 g/mol. The van der Waals surface area contributed by atoms with Gasteiger partial charge in [-0.3, -0.25) is 0 Å². The third-order valence-electron chi connectivity index (χ3n) is 2.32. The molecular formula is C10H7BrClNO2. The fraction of sp³-hybridized carbons (Fsp3) is 0.100. The summed E-state index contributed by atoms with van der Waals surface area (Å²) < 4.78 is 2.37. The number of carbonyl (C=O) groups is 1. The monoisotopic (exact) mass is 287 g/mol. The highest BCUT2D eigenvalue weighted by Gasteiger charge is 2.20. The van der Waals surface area contributed by atoms with E-state index < -0.39 is 5.97 Å². The van der Waals surface area contributed by atoms with Gasteiger partial charge in [-0.25, -0.2) is 4.79 Å². The first-order chi connectivity index (χ1) is 7.04. The number of hydrogen-bond donors (Lipinski definition) is 1. The number of aromatic nitrogens is 1. The first-order valence-corrected chi connectivity index (χ1v) is 5.37. The molecule has 3 nitrogen and oxygen atoms in total. The summed E-state index contributed by atoms with van der Waals surface area (Å²) in [4.78, 5) is 11.0. The van der Waals surface area contributed by atoms with Crippen LogP contribution in [0, 0.1) is 0 Å². The smallest absolute Gasteiger partial charge is 0.354 e. The van der Waals surface area contributed by atoms with Crippen LogP contribution in [0.3, 0.4) is 0 Å². The third-order valence-corrected chi connectivity index (χ3v) is 3.35. The van der Waals surface area contributed by atoms with Gasteiger partial charge in [0.05, 0.1) is 10.5 Å². The van der Waals surface area contributed by atoms with E-state index in [4.69, 9.17) is 16.7 Å². The van der Waals surface area contributed by atoms with E-state index in [1.54, 1.807) is 11.6 Å². The van der Waals surface area contributed by atoms with E-state index in [1.165, 1.54) is 0 Å². The van der Waals surface area contributed by atoms with E-state index in [-0.39, 0.29) is 10.7 Å². The normalized spacial score (nSPS) is 10.9. The largest absolute Gasteiger partial charge is 0.477 e. The number of carboxylic acid groups (broad SMARTS) is 1. The molecule has 0 aliphatic carbocycles. The zero-order valence-electron chi connectivity index (χ0n) is 7.79. The van der Waals surface area contributed by atoms with E-state index in [2.05, 4.69) is 15.9 Å². The first kappa shape index (κ1) is 10.5. The number of rotatable bonds is 1. The van der Waals surface area contributed by atoms with E-state index in [9.17, 15) is 4.79 Å². The Hall–Kier alpha value is -1.00. The van der Waals surface area contributed by atoms with Gasteiger partial charge in [0.1, 0.15) is 5.69 Å². The minimum absolute atomic E-state index is 0.110. The molecule has 0 amide bonds. The topological polar surface area (TPSA) is 42.2 Å². The van der Waals surface area contributed by atoms with E-state index >= 15 is 0 Å². The summed E-state index contributed by atoms with van der Waals surface area (Å²) in [5, 5.41) is 10.0. The molecule has 0 fully saturated rings. The number of fused-ring (bicyclic) bond motifs is 1. The van der Waals surface area contributed by atoms with Gasteiger partial charge in [0, 0.05) is 16.9 Å². The predicted octanol–water partition coefficient (Wildman–Crippen LogP) is 3.29. The van der Waals surface area contributed by atoms with Gasteiger partial charge in [0.25, 0.3) is 0 Å². The lowest BCUT2D eigenvalue weighted by molar-refractivity contribution is 0.0687. The molecule has 0 saturated heterocycles. The lowest BCUT2D eigenvalue weighted by atomic mass is 10.2. The first-order valence-electron chi connectivity index (χ1n) is 4.19. The second-order valence-corrected chi connectivity index (χ2v) is 4.39. The van der Waals surface area contributed by atoms with Crippen molar-refractivity contribution in [3.05, 3.63) is 33.4 Å². The van der Waals surface area contributed by atoms with Crippen molar-refractivity contribution in [2.75, 3.05) is 0 Å². The molecule has 1 aromatic heterocycles. The molecule has 0 saturated carbocycles. The molecule has 0 radical (unpaired) electrons. The SMILES string of the molecule is Cn1c(C(=O)O)c(Cl)c2c(Br)cccc21. The molecule has 0 bridgehead atoms. The standard InChI is InChI=1S/C10H7BrClNO2/c1-13-6-4-2-3-5(11)7(6)8(12)9(13)10(14)15/h2-4H,1H3,(H,14,15). The lowest BCUT2D eigenvalue weighted by Gasteiger charge is -1.98. The number of benzene rings is 1. The highest BCUT2D eigenvalue weighted by atomic mass is 79.9. The summed E-state index contributed by atoms with van der Waals surface area (Å²) in [5.41, 5.74) is 0.908. The van der Waals surface area contributed by atoms with Gasteiger partial charge >= 0.3 is 5.97 Å². The van der Waals surface area contributed by atoms with Gasteiger partial charge in [0.2, 0.25) is 0 Å². The second kappa shape index (κ2) is 3.54. The Labute approximate surface area is 99.4 Å². The summed E-state index contributed by atoms with van der Waals surface area (Å²) >= 11 is 9.38. The zero-order chi connectivity index (χ0) is 11.2. The summed E-state index contributed by atoms with van der Waals surface area (Å²) in [5.74, 6) is -1.02. The van der Waals surface area contributed by atoms with Crippen LogP contribution >= 0.6 is 27.5 Å². The maximum Gasteiger partial charge on any atom is 0.354 e. The summed E-state index contributed by atoms with van der Waals surface area (Å²) in [6.07, 6.45) is 0. The molecule has 1 heterocycles. The molecule has 78 valence electrons. The van der Waals surface area contributed by atoms with Crippen molar-refractivity contribution in [3.63, 3.8) is 0 Å². The Bertz CT molecular complexity index is 562. The van der Waals surface area contributed by atoms with Gasteiger partial charge in [-0.15, -0.1) is 0 Å². The van der Waals surface area contributed by atoms with Crippen LogP contribution in [-0.4, -0.2) is 15.6 Å². The van der Waals surface area contributed by atoms with Crippen molar-refractivity contribution in [3.8, 4) is 0 Å². The predicted molar refractivity (Wildman–Crippen MR) is 62.6 cm³/mol. The minimum Gasteiger partial charge on any atom is -0.477 e. The van der Waals surface area contributed by atoms with Gasteiger partial charge < -0.3 is 9.67 Å². The molecule has 1 N–H and O–H groups in total. The second-order valence-electron chi connectivity index (χ2n) is 3.16. The molecular weight excluding hydrogens is 281 g/mol. The van der Waals surface area contributed by atoms with Crippen LogP contribution in [0.1, 0.15) is 10.5 Å². The fourth-order valence-corrected chi connectivity index (χ4v) is 2.71. The van der Waals surface area contributed by atoms with Crippen LogP contribution in [0.15, 0.2) is 22.7 Å². The summed E-state index contributed by atoms with van der Waals surface area (Å²) in [6.45, 7) is 0. The summed E-state index contributed by atoms with van der Waals surface area (Å²) in [7, 11) is 1.68. The molecule has 0 spiro atoms. The van der Waals surface area contributed by atoms with E-state index in [0.29, 0.717) is 0 Å². The number of aryl methyl sites for hydroxylation is 1. The van der Waals surface area contributed by atoms with Crippen LogP contribution in [0.4, 0.5) is 0 Å². The van der Waals surface area contributed by atoms with Crippen LogP contribution in [-0.2, 0) is 7.05 Å². The number of nitrogens with zero attached hydrogens (tertiary/aromatic N) is 1. The zero-order valence-corrected chi connectivity index (χ0v) is 10.1. The van der Waals surface area contributed by atoms with E-state index in [0.717, 1.165) is 15.4 Å². The van der Waals surface area contributed by atoms with Gasteiger partial charge in [-0.2, -0.15) is 0 Å². The Morgan fingerprint density at radius 2 is 2.20 bits per heavy atom. The Morgan fingerprint density at radius 1 is 1.53 bits per heavy atom. The van der Waals surface area contributed by atoms with Crippen molar-refractivity contribution in [2.45, 2.75) is 0 Å². The van der Waals surface area contributed by atoms with Gasteiger partial charge in [0.15, 0.2) is 0 Å². The molecule has 5 heteroatoms. The molecule has 0 atom stereocenters. The third kappa shape index (κ3) is 1.44. The molecule has 2 rings (SSSR count). The van der Waals surface area contributed by atoms with Crippen molar-refractivity contribution < 1.29 is 9.90 Å². The van der Waals surface area contributed by atoms with Crippen LogP contribution in [0.5, 0.6) is 0 Å². The van der Waals surface area contributed by atoms with Gasteiger partial charge in [-0.05, 0) is 12.1 Å². The van der Waals surface area contributed by atoms with Crippen LogP contribution in [0.2, 0.25) is 5.02 Å². The average Bonchev–Trinajstić information content (AvgIpc) is 2.40. The highest BCUT2D eigenvalue weighted by molar-refractivity contribution is 9.10. The Kier molecular flexibility index (Phi) is 2.48. The van der Waals surface area contributed by atoms with Crippen molar-refractivity contribution in [1.82, 2.24) is 4.57 Å². The number of aromatic carboxylic acids is 1. The molecule has 0 unspecified atom stereocenters. The number of carboxylic acids is 1. The lowest BCUT2D eigenvalue weighted by Crippen LogP contribution is -2.04. The molecule has 0 aliphatic heterocycles. The van der Waals surface area contributed by atoms with Crippen LogP contribution in [0.25, 0.3) is 10.9 Å². The van der Waals surface area contributed by atoms with Crippen molar-refractivity contribution >= 4 is 44.4 Å². The van der Waals surface area contributed by atoms with Crippen molar-refractivity contribution in [2.24, 2.45) is 7.05 Å². The van der Waals surface area contributed by atoms with Crippen molar-refractivity contribution in [1.29, 1.82) is 0 Å². The quantitative estimate of drug-likeness (QED) is 0.875. The van der Waals surface area contributed by atoms with Gasteiger partial charge in [-0.1, -0.05) is 33.6 Å². The molecule has 1 aromatic carbocycles.